The summed E-state index contributed by atoms with van der Waals surface area (Å²) < 4.78 is 15.9. The summed E-state index contributed by atoms with van der Waals surface area (Å²) in [6, 6.07) is 0. The minimum atomic E-state index is -2.17. The molecule has 0 aliphatic rings. The normalized spacial score (nSPS) is 13.3. The molecule has 0 aliphatic heterocycles. The average molecular weight is 317 g/mol. The Morgan fingerprint density at radius 3 is 2.00 bits per heavy atom. The number of carbonyl (C=O) groups is 2. The number of esters is 1. The lowest BCUT2D eigenvalue weighted by atomic mass is 10.2. The maximum absolute atomic E-state index is 11.9. The number of hydrogen-bond donors (Lipinski definition) is 1. The van der Waals surface area contributed by atoms with Crippen molar-refractivity contribution in [3.05, 3.63) is 11.5 Å². The second-order valence-corrected chi connectivity index (χ2v) is 11.0. The highest BCUT2D eigenvalue weighted by Gasteiger charge is 2.40. The van der Waals surface area contributed by atoms with Gasteiger partial charge in [-0.05, 0) is 18.1 Å². The lowest BCUT2D eigenvalue weighted by Crippen LogP contribution is -2.42. The van der Waals surface area contributed by atoms with Crippen LogP contribution in [0.3, 0.4) is 0 Å². The molecule has 122 valence electrons. The van der Waals surface area contributed by atoms with Crippen molar-refractivity contribution in [2.45, 2.75) is 45.8 Å². The maximum atomic E-state index is 11.9. The molecule has 0 aromatic heterocycles. The summed E-state index contributed by atoms with van der Waals surface area (Å²) >= 11 is 0. The van der Waals surface area contributed by atoms with Gasteiger partial charge in [-0.25, -0.2) is 4.79 Å². The number of amides is 1. The summed E-state index contributed by atoms with van der Waals surface area (Å²) in [5, 5.41) is 2.42. The molecule has 0 heterocycles. The van der Waals surface area contributed by atoms with Crippen LogP contribution in [-0.2, 0) is 23.5 Å². The lowest BCUT2D eigenvalue weighted by molar-refractivity contribution is -0.138. The van der Waals surface area contributed by atoms with Gasteiger partial charge in [-0.2, -0.15) is 0 Å². The molecule has 0 aromatic carbocycles. The van der Waals surface area contributed by atoms with Gasteiger partial charge in [-0.1, -0.05) is 20.8 Å². The van der Waals surface area contributed by atoms with Crippen molar-refractivity contribution in [3.63, 3.8) is 0 Å². The van der Waals surface area contributed by atoms with E-state index in [1.807, 2.05) is 13.1 Å². The minimum absolute atomic E-state index is 0.00308. The Hall–Kier alpha value is -1.34. The topological polar surface area (TPSA) is 73.9 Å². The summed E-state index contributed by atoms with van der Waals surface area (Å²) in [6.07, 6.45) is 0. The molecule has 0 unspecified atom stereocenters. The largest absolute Gasteiger partial charge is 0.543 e. The fourth-order valence-electron chi connectivity index (χ4n) is 1.26. The van der Waals surface area contributed by atoms with E-state index in [0.29, 0.717) is 5.76 Å². The fraction of sp³-hybridized carbons (Fsp3) is 0.714. The van der Waals surface area contributed by atoms with Gasteiger partial charge < -0.3 is 19.2 Å². The first-order valence-corrected chi connectivity index (χ1v) is 9.64. The van der Waals surface area contributed by atoms with Crippen LogP contribution in [0.1, 0.15) is 27.7 Å². The van der Waals surface area contributed by atoms with Gasteiger partial charge in [-0.15, -0.1) is 0 Å². The zero-order valence-corrected chi connectivity index (χ0v) is 15.2. The van der Waals surface area contributed by atoms with E-state index in [4.69, 9.17) is 13.9 Å². The molecule has 0 bridgehead atoms. The quantitative estimate of drug-likeness (QED) is 0.352. The van der Waals surface area contributed by atoms with Crippen molar-refractivity contribution in [2.75, 3.05) is 20.8 Å². The first-order valence-electron chi connectivity index (χ1n) is 6.73. The monoisotopic (exact) mass is 317 g/mol. The van der Waals surface area contributed by atoms with Crippen LogP contribution in [0.5, 0.6) is 0 Å². The van der Waals surface area contributed by atoms with Crippen LogP contribution in [0.2, 0.25) is 18.1 Å². The van der Waals surface area contributed by atoms with E-state index in [1.54, 1.807) is 0 Å². The van der Waals surface area contributed by atoms with E-state index in [1.165, 1.54) is 21.1 Å². The Balaban J connectivity index is 5.72. The van der Waals surface area contributed by atoms with E-state index in [2.05, 4.69) is 26.1 Å². The maximum Gasteiger partial charge on any atom is 0.358 e. The van der Waals surface area contributed by atoms with Crippen LogP contribution in [-0.4, -0.2) is 41.0 Å². The second kappa shape index (κ2) is 7.60. The van der Waals surface area contributed by atoms with Gasteiger partial charge in [0, 0.05) is 14.0 Å². The van der Waals surface area contributed by atoms with Gasteiger partial charge in [0.1, 0.15) is 12.4 Å². The predicted octanol–water partition coefficient (Wildman–Crippen LogP) is 2.18. The van der Waals surface area contributed by atoms with Gasteiger partial charge >= 0.3 is 5.97 Å². The molecule has 6 nitrogen and oxygen atoms in total. The van der Waals surface area contributed by atoms with E-state index in [9.17, 15) is 9.59 Å². The Morgan fingerprint density at radius 1 is 1.14 bits per heavy atom. The van der Waals surface area contributed by atoms with Crippen molar-refractivity contribution in [2.24, 2.45) is 0 Å². The summed E-state index contributed by atoms with van der Waals surface area (Å²) in [4.78, 5) is 23.2. The SMILES string of the molecule is COC/C(O[Si](C)(C)C(C)(C)C)=C(/NC(C)=O)C(=O)OC. The second-order valence-electron chi connectivity index (χ2n) is 6.27. The van der Waals surface area contributed by atoms with Crippen LogP contribution in [0.15, 0.2) is 11.5 Å². The van der Waals surface area contributed by atoms with Crippen molar-refractivity contribution in [1.82, 2.24) is 5.32 Å². The van der Waals surface area contributed by atoms with Gasteiger partial charge in [0.2, 0.25) is 14.2 Å². The average Bonchev–Trinajstić information content (AvgIpc) is 2.32. The van der Waals surface area contributed by atoms with Crippen LogP contribution < -0.4 is 5.32 Å². The summed E-state index contributed by atoms with van der Waals surface area (Å²) in [5.41, 5.74) is -0.00308. The minimum Gasteiger partial charge on any atom is -0.543 e. The van der Waals surface area contributed by atoms with Crippen molar-refractivity contribution in [1.29, 1.82) is 0 Å². The van der Waals surface area contributed by atoms with Crippen molar-refractivity contribution in [3.8, 4) is 0 Å². The summed E-state index contributed by atoms with van der Waals surface area (Å²) in [5.74, 6) is -0.732. The first kappa shape index (κ1) is 19.7. The van der Waals surface area contributed by atoms with Gasteiger partial charge in [0.25, 0.3) is 0 Å². The Kier molecular flexibility index (Phi) is 7.12. The molecule has 0 aromatic rings. The van der Waals surface area contributed by atoms with Gasteiger partial charge in [-0.3, -0.25) is 4.79 Å². The highest BCUT2D eigenvalue weighted by atomic mass is 28.4. The van der Waals surface area contributed by atoms with Crippen molar-refractivity contribution >= 4 is 20.2 Å². The number of hydrogen-bond acceptors (Lipinski definition) is 5. The Bertz CT molecular complexity index is 424. The van der Waals surface area contributed by atoms with E-state index in [0.717, 1.165) is 0 Å². The fourth-order valence-corrected chi connectivity index (χ4v) is 2.34. The van der Waals surface area contributed by atoms with E-state index < -0.39 is 14.3 Å². The first-order chi connectivity index (χ1) is 9.46. The molecule has 0 saturated carbocycles. The molecule has 1 amide bonds. The number of carbonyl (C=O) groups excluding carboxylic acids is 2. The molecular weight excluding hydrogens is 290 g/mol. The molecule has 0 aliphatic carbocycles. The van der Waals surface area contributed by atoms with Gasteiger partial charge in [0.15, 0.2) is 5.70 Å². The summed E-state index contributed by atoms with van der Waals surface area (Å²) in [7, 11) is 0.574. The molecule has 0 rings (SSSR count). The van der Waals surface area contributed by atoms with Crippen LogP contribution in [0.4, 0.5) is 0 Å². The molecule has 1 N–H and O–H groups in total. The Labute approximate surface area is 128 Å². The molecule has 0 radical (unpaired) electrons. The van der Waals surface area contributed by atoms with Crippen LogP contribution in [0, 0.1) is 0 Å². The molecule has 7 heteroatoms. The molecule has 21 heavy (non-hydrogen) atoms. The Morgan fingerprint density at radius 2 is 1.67 bits per heavy atom. The number of rotatable bonds is 6. The zero-order valence-electron chi connectivity index (χ0n) is 14.2. The molecule has 0 fully saturated rings. The third-order valence-electron chi connectivity index (χ3n) is 3.43. The third kappa shape index (κ3) is 5.89. The van der Waals surface area contributed by atoms with E-state index in [-0.39, 0.29) is 23.2 Å². The lowest BCUT2D eigenvalue weighted by Gasteiger charge is -2.37. The number of nitrogens with one attached hydrogen (secondary N) is 1. The third-order valence-corrected chi connectivity index (χ3v) is 7.80. The standard InChI is InChI=1S/C14H27NO5Si/c1-10(16)15-12(13(17)19-6)11(9-18-5)20-21(7,8)14(2,3)4/h9H2,1-8H3,(H,15,16)/b12-11-. The molecular formula is C14H27NO5Si. The van der Waals surface area contributed by atoms with Gasteiger partial charge in [0.05, 0.1) is 7.11 Å². The predicted molar refractivity (Wildman–Crippen MR) is 83.0 cm³/mol. The number of ether oxygens (including phenoxy) is 2. The molecule has 0 saturated heterocycles. The zero-order chi connectivity index (χ0) is 16.8. The molecule has 0 spiro atoms. The van der Waals surface area contributed by atoms with Crippen LogP contribution >= 0.6 is 0 Å². The number of methoxy groups -OCH3 is 2. The van der Waals surface area contributed by atoms with Crippen molar-refractivity contribution < 1.29 is 23.5 Å². The summed E-state index contributed by atoms with van der Waals surface area (Å²) in [6.45, 7) is 11.7. The van der Waals surface area contributed by atoms with Crippen LogP contribution in [0.25, 0.3) is 0 Å². The van der Waals surface area contributed by atoms with E-state index >= 15 is 0 Å². The molecule has 0 atom stereocenters. The smallest absolute Gasteiger partial charge is 0.358 e. The highest BCUT2D eigenvalue weighted by molar-refractivity contribution is 6.74. The highest BCUT2D eigenvalue weighted by Crippen LogP contribution is 2.38.